The van der Waals surface area contributed by atoms with Crippen molar-refractivity contribution in [1.82, 2.24) is 25.2 Å². The maximum atomic E-state index is 13.8. The number of nitrogens with one attached hydrogen (secondary N) is 3. The molecule has 0 saturated heterocycles. The van der Waals surface area contributed by atoms with Crippen LogP contribution in [-0.2, 0) is 10.2 Å². The van der Waals surface area contributed by atoms with E-state index in [1.165, 1.54) is 0 Å². The number of halogens is 2. The highest BCUT2D eigenvalue weighted by Gasteiger charge is 2.51. The van der Waals surface area contributed by atoms with Crippen molar-refractivity contribution in [2.75, 3.05) is 17.3 Å². The second kappa shape index (κ2) is 11.1. The fourth-order valence-corrected chi connectivity index (χ4v) is 7.26. The Morgan fingerprint density at radius 3 is 2.47 bits per heavy atom. The number of nitrogens with zero attached hydrogens (tertiary/aromatic N) is 4. The summed E-state index contributed by atoms with van der Waals surface area (Å²) < 4.78 is 28.8. The standard InChI is InChI=1S/C36H41F2N7O2/c1-19(2)44-18-40-29-15-28(43-32(31(29)44)42-22-9-7-20(3)26(14-22)33(46)39-6)21-8-10-27-30(11-21)45(34(47)35(27,4)5)25-12-23(13-25)41-24-16-36(37,38)17-24/h7-11,14-15,18-19,23-25,41H,12-13,16-17H2,1-6H3,(H,39,46)(H,42,43)/t23-,25+. The Morgan fingerprint density at radius 1 is 1.04 bits per heavy atom. The smallest absolute Gasteiger partial charge is 0.251 e. The Hall–Kier alpha value is -4.38. The second-order valence-corrected chi connectivity index (χ2v) is 14.2. The van der Waals surface area contributed by atoms with Crippen molar-refractivity contribution >= 4 is 40.0 Å². The van der Waals surface area contributed by atoms with Crippen molar-refractivity contribution in [2.45, 2.75) is 95.8 Å². The fraction of sp³-hybridized carbons (Fsp3) is 0.444. The van der Waals surface area contributed by atoms with Crippen molar-refractivity contribution in [1.29, 1.82) is 0 Å². The van der Waals surface area contributed by atoms with Crippen LogP contribution in [0.2, 0.25) is 0 Å². The van der Waals surface area contributed by atoms with E-state index in [9.17, 15) is 18.4 Å². The molecule has 2 aromatic heterocycles. The van der Waals surface area contributed by atoms with E-state index in [2.05, 4.69) is 34.4 Å². The van der Waals surface area contributed by atoms with E-state index >= 15 is 0 Å². The SMILES string of the molecule is CNC(=O)c1cc(Nc2nc(-c3ccc4c(c3)N([C@H]3C[C@@H](NC5CC(F)(F)C5)C3)C(=O)C4(C)C)cc3ncn(C(C)C)c23)ccc1C. The van der Waals surface area contributed by atoms with Gasteiger partial charge >= 0.3 is 0 Å². The maximum Gasteiger partial charge on any atom is 0.251 e. The molecule has 0 bridgehead atoms. The van der Waals surface area contributed by atoms with Gasteiger partial charge in [0, 0.05) is 66.6 Å². The number of carbonyl (C=O) groups excluding carboxylic acids is 2. The number of pyridine rings is 1. The molecule has 3 heterocycles. The predicted octanol–water partition coefficient (Wildman–Crippen LogP) is 6.63. The number of anilines is 3. The zero-order valence-electron chi connectivity index (χ0n) is 27.6. The third-order valence-electron chi connectivity index (χ3n) is 10.1. The van der Waals surface area contributed by atoms with Crippen LogP contribution in [0.4, 0.5) is 26.0 Å². The van der Waals surface area contributed by atoms with Gasteiger partial charge in [-0.05, 0) is 82.9 Å². The molecule has 0 atom stereocenters. The summed E-state index contributed by atoms with van der Waals surface area (Å²) in [6.07, 6.45) is 3.05. The average Bonchev–Trinajstić information content (AvgIpc) is 3.51. The summed E-state index contributed by atoms with van der Waals surface area (Å²) in [4.78, 5) is 38.1. The average molecular weight is 642 g/mol. The van der Waals surface area contributed by atoms with Crippen molar-refractivity contribution in [3.05, 3.63) is 65.5 Å². The van der Waals surface area contributed by atoms with Crippen LogP contribution < -0.4 is 20.9 Å². The Morgan fingerprint density at radius 2 is 1.79 bits per heavy atom. The third-order valence-corrected chi connectivity index (χ3v) is 10.1. The zero-order valence-corrected chi connectivity index (χ0v) is 27.6. The molecule has 47 heavy (non-hydrogen) atoms. The molecule has 9 nitrogen and oxygen atoms in total. The monoisotopic (exact) mass is 641 g/mol. The minimum absolute atomic E-state index is 0.00169. The molecular weight excluding hydrogens is 600 g/mol. The van der Waals surface area contributed by atoms with Crippen LogP contribution in [-0.4, -0.2) is 57.4 Å². The highest BCUT2D eigenvalue weighted by Crippen LogP contribution is 2.48. The molecule has 2 saturated carbocycles. The Labute approximate surface area is 273 Å². The molecule has 0 radical (unpaired) electrons. The summed E-state index contributed by atoms with van der Waals surface area (Å²) in [7, 11) is 1.61. The summed E-state index contributed by atoms with van der Waals surface area (Å²) in [6.45, 7) is 9.99. The Bertz CT molecular complexity index is 1900. The van der Waals surface area contributed by atoms with Crippen molar-refractivity contribution in [3.63, 3.8) is 0 Å². The van der Waals surface area contributed by atoms with Crippen molar-refractivity contribution in [3.8, 4) is 11.3 Å². The number of amides is 2. The van der Waals surface area contributed by atoms with Crippen LogP contribution in [0.15, 0.2) is 48.8 Å². The first-order valence-electron chi connectivity index (χ1n) is 16.4. The molecule has 2 aliphatic carbocycles. The first kappa shape index (κ1) is 31.2. The van der Waals surface area contributed by atoms with E-state index in [0.29, 0.717) is 17.1 Å². The fourth-order valence-electron chi connectivity index (χ4n) is 7.26. The van der Waals surface area contributed by atoms with Gasteiger partial charge in [0.05, 0.1) is 23.0 Å². The van der Waals surface area contributed by atoms with Gasteiger partial charge in [-0.1, -0.05) is 18.2 Å². The molecule has 3 N–H and O–H groups in total. The van der Waals surface area contributed by atoms with Crippen LogP contribution in [0.3, 0.4) is 0 Å². The van der Waals surface area contributed by atoms with E-state index in [0.717, 1.165) is 51.9 Å². The lowest BCUT2D eigenvalue weighted by molar-refractivity contribution is -0.123. The van der Waals surface area contributed by atoms with Crippen LogP contribution in [0.25, 0.3) is 22.3 Å². The first-order valence-corrected chi connectivity index (χ1v) is 16.4. The van der Waals surface area contributed by atoms with Crippen LogP contribution in [0, 0.1) is 6.92 Å². The minimum Gasteiger partial charge on any atom is -0.355 e. The number of alkyl halides is 2. The van der Waals surface area contributed by atoms with Gasteiger partial charge in [0.1, 0.15) is 5.52 Å². The molecule has 2 fully saturated rings. The molecule has 0 spiro atoms. The molecule has 7 rings (SSSR count). The van der Waals surface area contributed by atoms with Crippen LogP contribution in [0.5, 0.6) is 0 Å². The lowest BCUT2D eigenvalue weighted by Gasteiger charge is -2.46. The lowest BCUT2D eigenvalue weighted by Crippen LogP contribution is -2.60. The molecule has 1 aliphatic heterocycles. The number of aryl methyl sites for hydroxylation is 1. The van der Waals surface area contributed by atoms with E-state index in [1.54, 1.807) is 7.05 Å². The molecule has 2 amide bonds. The van der Waals surface area contributed by atoms with Gasteiger partial charge in [0.25, 0.3) is 11.8 Å². The van der Waals surface area contributed by atoms with E-state index in [1.807, 2.05) is 74.5 Å². The van der Waals surface area contributed by atoms with E-state index in [-0.39, 0.29) is 48.8 Å². The number of carbonyl (C=O) groups is 2. The highest BCUT2D eigenvalue weighted by molar-refractivity contribution is 6.09. The zero-order chi connectivity index (χ0) is 33.4. The number of fused-ring (bicyclic) bond motifs is 2. The quantitative estimate of drug-likeness (QED) is 0.200. The van der Waals surface area contributed by atoms with Crippen LogP contribution in [0.1, 0.15) is 80.9 Å². The van der Waals surface area contributed by atoms with Gasteiger partial charge in [-0.3, -0.25) is 9.59 Å². The predicted molar refractivity (Wildman–Crippen MR) is 180 cm³/mol. The number of rotatable bonds is 8. The maximum absolute atomic E-state index is 13.8. The minimum atomic E-state index is -2.56. The lowest BCUT2D eigenvalue weighted by atomic mass is 9.81. The number of hydrogen-bond donors (Lipinski definition) is 3. The first-order chi connectivity index (χ1) is 22.3. The van der Waals surface area contributed by atoms with Gasteiger partial charge < -0.3 is 25.4 Å². The molecular formula is C36H41F2N7O2. The number of imidazole rings is 1. The van der Waals surface area contributed by atoms with Crippen molar-refractivity contribution in [2.24, 2.45) is 0 Å². The van der Waals surface area contributed by atoms with Gasteiger partial charge in [-0.2, -0.15) is 0 Å². The summed E-state index contributed by atoms with van der Waals surface area (Å²) in [5.41, 5.74) is 6.49. The largest absolute Gasteiger partial charge is 0.355 e. The van der Waals surface area contributed by atoms with Crippen LogP contribution >= 0.6 is 0 Å². The van der Waals surface area contributed by atoms with Gasteiger partial charge in [0.15, 0.2) is 5.82 Å². The summed E-state index contributed by atoms with van der Waals surface area (Å²) in [5, 5.41) is 9.53. The normalized spacial score (nSPS) is 21.5. The number of aromatic nitrogens is 3. The second-order valence-electron chi connectivity index (χ2n) is 14.2. The third kappa shape index (κ3) is 5.34. The molecule has 4 aromatic rings. The molecule has 3 aliphatic rings. The Balaban J connectivity index is 1.23. The van der Waals surface area contributed by atoms with E-state index < -0.39 is 11.3 Å². The molecule has 11 heteroatoms. The molecule has 246 valence electrons. The van der Waals surface area contributed by atoms with Gasteiger partial charge in [0.2, 0.25) is 5.91 Å². The summed E-state index contributed by atoms with van der Waals surface area (Å²) in [6, 6.07) is 13.8. The van der Waals surface area contributed by atoms with Crippen molar-refractivity contribution < 1.29 is 18.4 Å². The molecule has 2 aromatic carbocycles. The number of benzene rings is 2. The van der Waals surface area contributed by atoms with Gasteiger partial charge in [-0.15, -0.1) is 0 Å². The highest BCUT2D eigenvalue weighted by atomic mass is 19.3. The topological polar surface area (TPSA) is 104 Å². The van der Waals surface area contributed by atoms with E-state index in [4.69, 9.17) is 9.97 Å². The molecule has 0 unspecified atom stereocenters. The van der Waals surface area contributed by atoms with Gasteiger partial charge in [-0.25, -0.2) is 18.7 Å². The summed E-state index contributed by atoms with van der Waals surface area (Å²) >= 11 is 0. The number of hydrogen-bond acceptors (Lipinski definition) is 6. The summed E-state index contributed by atoms with van der Waals surface area (Å²) in [5.74, 6) is -2.06. The Kier molecular flexibility index (Phi) is 7.38.